The molecule has 0 aliphatic heterocycles. The van der Waals surface area contributed by atoms with Crippen LogP contribution in [0, 0.1) is 13.8 Å². The Morgan fingerprint density at radius 2 is 2.05 bits per heavy atom. The summed E-state index contributed by atoms with van der Waals surface area (Å²) in [6, 6.07) is 10.5. The maximum atomic E-state index is 5.71. The van der Waals surface area contributed by atoms with Crippen LogP contribution in [0.2, 0.25) is 0 Å². The first kappa shape index (κ1) is 14.2. The molecule has 0 radical (unpaired) electrons. The highest BCUT2D eigenvalue weighted by Gasteiger charge is 2.13. The third-order valence-electron chi connectivity index (χ3n) is 3.21. The van der Waals surface area contributed by atoms with Gasteiger partial charge in [-0.2, -0.15) is 0 Å². The second-order valence-corrected chi connectivity index (χ2v) is 5.67. The Kier molecular flexibility index (Phi) is 4.69. The van der Waals surface area contributed by atoms with Gasteiger partial charge in [-0.3, -0.25) is 16.3 Å². The normalized spacial score (nSPS) is 12.4. The minimum absolute atomic E-state index is 0.0774. The molecule has 2 aromatic rings. The standard InChI is InChI=1S/C15H18BrN3/c1-10-3-4-11(2)14(7-10)15(19-17)8-13-6-5-12(16)9-18-13/h3-7,9,15,19H,8,17H2,1-2H3. The number of hydrazine groups is 1. The summed E-state index contributed by atoms with van der Waals surface area (Å²) in [7, 11) is 0. The molecule has 0 saturated carbocycles. The molecule has 0 aliphatic carbocycles. The summed E-state index contributed by atoms with van der Waals surface area (Å²) in [5.74, 6) is 5.71. The van der Waals surface area contributed by atoms with Crippen molar-refractivity contribution < 1.29 is 0 Å². The molecule has 19 heavy (non-hydrogen) atoms. The molecular formula is C15H18BrN3. The number of hydrogen-bond donors (Lipinski definition) is 2. The predicted molar refractivity (Wildman–Crippen MR) is 81.6 cm³/mol. The highest BCUT2D eigenvalue weighted by molar-refractivity contribution is 9.10. The Morgan fingerprint density at radius 3 is 2.68 bits per heavy atom. The topological polar surface area (TPSA) is 50.9 Å². The number of aromatic nitrogens is 1. The van der Waals surface area contributed by atoms with Gasteiger partial charge in [0.15, 0.2) is 0 Å². The van der Waals surface area contributed by atoms with Crippen molar-refractivity contribution >= 4 is 15.9 Å². The second kappa shape index (κ2) is 6.28. The van der Waals surface area contributed by atoms with Crippen LogP contribution < -0.4 is 11.3 Å². The summed E-state index contributed by atoms with van der Waals surface area (Å²) >= 11 is 3.39. The number of hydrogen-bond acceptors (Lipinski definition) is 3. The number of benzene rings is 1. The highest BCUT2D eigenvalue weighted by atomic mass is 79.9. The summed E-state index contributed by atoms with van der Waals surface area (Å²) in [6.45, 7) is 4.20. The third-order valence-corrected chi connectivity index (χ3v) is 3.68. The maximum absolute atomic E-state index is 5.71. The molecule has 0 saturated heterocycles. The van der Waals surface area contributed by atoms with E-state index >= 15 is 0 Å². The molecule has 1 heterocycles. The quantitative estimate of drug-likeness (QED) is 0.672. The molecular weight excluding hydrogens is 302 g/mol. The van der Waals surface area contributed by atoms with Crippen LogP contribution in [-0.4, -0.2) is 4.98 Å². The SMILES string of the molecule is Cc1ccc(C)c(C(Cc2ccc(Br)cn2)NN)c1. The van der Waals surface area contributed by atoms with E-state index in [1.165, 1.54) is 16.7 Å². The Bertz CT molecular complexity index is 552. The van der Waals surface area contributed by atoms with E-state index in [1.54, 1.807) is 0 Å². The summed E-state index contributed by atoms with van der Waals surface area (Å²) < 4.78 is 0.986. The van der Waals surface area contributed by atoms with Gasteiger partial charge in [-0.1, -0.05) is 23.8 Å². The largest absolute Gasteiger partial charge is 0.271 e. The van der Waals surface area contributed by atoms with Crippen LogP contribution in [0.1, 0.15) is 28.4 Å². The van der Waals surface area contributed by atoms with Gasteiger partial charge < -0.3 is 0 Å². The molecule has 1 unspecified atom stereocenters. The van der Waals surface area contributed by atoms with E-state index in [4.69, 9.17) is 5.84 Å². The van der Waals surface area contributed by atoms with Crippen molar-refractivity contribution in [1.29, 1.82) is 0 Å². The maximum Gasteiger partial charge on any atom is 0.0518 e. The average Bonchev–Trinajstić information content (AvgIpc) is 2.41. The first-order chi connectivity index (χ1) is 9.10. The number of halogens is 1. The zero-order valence-electron chi connectivity index (χ0n) is 11.2. The molecule has 0 spiro atoms. The molecule has 0 fully saturated rings. The molecule has 3 N–H and O–H groups in total. The lowest BCUT2D eigenvalue weighted by atomic mass is 9.96. The van der Waals surface area contributed by atoms with Gasteiger partial charge in [-0.25, -0.2) is 0 Å². The zero-order valence-corrected chi connectivity index (χ0v) is 12.7. The Labute approximate surface area is 122 Å². The van der Waals surface area contributed by atoms with Crippen LogP contribution in [0.5, 0.6) is 0 Å². The average molecular weight is 320 g/mol. The van der Waals surface area contributed by atoms with Crippen molar-refractivity contribution in [3.05, 3.63) is 63.4 Å². The fourth-order valence-electron chi connectivity index (χ4n) is 2.13. The van der Waals surface area contributed by atoms with Crippen molar-refractivity contribution in [1.82, 2.24) is 10.4 Å². The van der Waals surface area contributed by atoms with Crippen molar-refractivity contribution in [2.75, 3.05) is 0 Å². The number of rotatable bonds is 4. The van der Waals surface area contributed by atoms with Crippen LogP contribution in [0.15, 0.2) is 41.0 Å². The Hall–Kier alpha value is -1.23. The van der Waals surface area contributed by atoms with E-state index in [0.717, 1.165) is 16.6 Å². The molecule has 3 nitrogen and oxygen atoms in total. The molecule has 1 atom stereocenters. The van der Waals surface area contributed by atoms with Gasteiger partial charge in [0, 0.05) is 22.8 Å². The number of nitrogens with zero attached hydrogens (tertiary/aromatic N) is 1. The van der Waals surface area contributed by atoms with Gasteiger partial charge in [-0.15, -0.1) is 0 Å². The molecule has 1 aromatic heterocycles. The van der Waals surface area contributed by atoms with Gasteiger partial charge in [0.05, 0.1) is 6.04 Å². The van der Waals surface area contributed by atoms with Gasteiger partial charge in [-0.05, 0) is 53.0 Å². The lowest BCUT2D eigenvalue weighted by Gasteiger charge is -2.19. The Balaban J connectivity index is 2.24. The molecule has 100 valence electrons. The molecule has 0 bridgehead atoms. The molecule has 0 aliphatic rings. The fourth-order valence-corrected chi connectivity index (χ4v) is 2.36. The van der Waals surface area contributed by atoms with Gasteiger partial charge >= 0.3 is 0 Å². The minimum Gasteiger partial charge on any atom is -0.271 e. The molecule has 4 heteroatoms. The summed E-state index contributed by atoms with van der Waals surface area (Å²) in [6.07, 6.45) is 2.58. The lowest BCUT2D eigenvalue weighted by Crippen LogP contribution is -2.30. The van der Waals surface area contributed by atoms with Crippen LogP contribution in [0.25, 0.3) is 0 Å². The van der Waals surface area contributed by atoms with Crippen molar-refractivity contribution in [3.8, 4) is 0 Å². The van der Waals surface area contributed by atoms with Crippen LogP contribution in [-0.2, 0) is 6.42 Å². The van der Waals surface area contributed by atoms with Crippen LogP contribution in [0.3, 0.4) is 0 Å². The van der Waals surface area contributed by atoms with E-state index in [2.05, 4.69) is 58.4 Å². The van der Waals surface area contributed by atoms with E-state index in [9.17, 15) is 0 Å². The summed E-state index contributed by atoms with van der Waals surface area (Å²) in [5, 5.41) is 0. The monoisotopic (exact) mass is 319 g/mol. The van der Waals surface area contributed by atoms with E-state index < -0.39 is 0 Å². The third kappa shape index (κ3) is 3.62. The predicted octanol–water partition coefficient (Wildman–Crippen LogP) is 3.21. The number of pyridine rings is 1. The Morgan fingerprint density at radius 1 is 1.26 bits per heavy atom. The van der Waals surface area contributed by atoms with Gasteiger partial charge in [0.2, 0.25) is 0 Å². The first-order valence-corrected chi connectivity index (χ1v) is 7.03. The van der Waals surface area contributed by atoms with E-state index in [0.29, 0.717) is 0 Å². The fraction of sp³-hybridized carbons (Fsp3) is 0.267. The van der Waals surface area contributed by atoms with Crippen molar-refractivity contribution in [3.63, 3.8) is 0 Å². The minimum atomic E-state index is 0.0774. The molecule has 2 rings (SSSR count). The number of aryl methyl sites for hydroxylation is 2. The van der Waals surface area contributed by atoms with Crippen molar-refractivity contribution in [2.24, 2.45) is 5.84 Å². The molecule has 0 amide bonds. The van der Waals surface area contributed by atoms with Crippen LogP contribution >= 0.6 is 15.9 Å². The highest BCUT2D eigenvalue weighted by Crippen LogP contribution is 2.22. The zero-order chi connectivity index (χ0) is 13.8. The van der Waals surface area contributed by atoms with Gasteiger partial charge in [0.25, 0.3) is 0 Å². The van der Waals surface area contributed by atoms with Crippen LogP contribution in [0.4, 0.5) is 0 Å². The number of nitrogens with one attached hydrogen (secondary N) is 1. The van der Waals surface area contributed by atoms with Crippen molar-refractivity contribution in [2.45, 2.75) is 26.3 Å². The lowest BCUT2D eigenvalue weighted by molar-refractivity contribution is 0.543. The summed E-state index contributed by atoms with van der Waals surface area (Å²) in [5.41, 5.74) is 7.63. The number of nitrogens with two attached hydrogens (primary N) is 1. The van der Waals surface area contributed by atoms with E-state index in [-0.39, 0.29) is 6.04 Å². The smallest absolute Gasteiger partial charge is 0.0518 e. The first-order valence-electron chi connectivity index (χ1n) is 6.24. The summed E-state index contributed by atoms with van der Waals surface area (Å²) in [4.78, 5) is 4.40. The molecule has 1 aromatic carbocycles. The van der Waals surface area contributed by atoms with Gasteiger partial charge in [0.1, 0.15) is 0 Å². The van der Waals surface area contributed by atoms with E-state index in [1.807, 2.05) is 18.3 Å². The second-order valence-electron chi connectivity index (χ2n) is 4.75.